The fraction of sp³-hybridized carbons (Fsp3) is 0.571. The molecule has 16 heavy (non-hydrogen) atoms. The molecule has 0 saturated carbocycles. The summed E-state index contributed by atoms with van der Waals surface area (Å²) in [5.41, 5.74) is 10.4. The van der Waals surface area contributed by atoms with Crippen LogP contribution in [0.5, 0.6) is 0 Å². The summed E-state index contributed by atoms with van der Waals surface area (Å²) in [5.74, 6) is 0. The van der Waals surface area contributed by atoms with E-state index in [4.69, 9.17) is 10.5 Å². The number of aryl methyl sites for hydroxylation is 2. The van der Waals surface area contributed by atoms with E-state index in [-0.39, 0.29) is 5.54 Å². The van der Waals surface area contributed by atoms with Gasteiger partial charge < -0.3 is 10.5 Å². The Morgan fingerprint density at radius 1 is 1.12 bits per heavy atom. The highest BCUT2D eigenvalue weighted by Crippen LogP contribution is 2.23. The van der Waals surface area contributed by atoms with Crippen molar-refractivity contribution in [3.05, 3.63) is 34.9 Å². The Kier molecular flexibility index (Phi) is 3.31. The molecule has 0 atom stereocenters. The van der Waals surface area contributed by atoms with Crippen molar-refractivity contribution in [1.29, 1.82) is 0 Å². The molecule has 0 radical (unpaired) electrons. The minimum Gasteiger partial charge on any atom is -0.381 e. The van der Waals surface area contributed by atoms with Crippen molar-refractivity contribution < 1.29 is 4.74 Å². The third-order valence-corrected chi connectivity index (χ3v) is 3.33. The van der Waals surface area contributed by atoms with Crippen molar-refractivity contribution in [3.63, 3.8) is 0 Å². The molecule has 1 aliphatic rings. The maximum Gasteiger partial charge on any atom is 0.0483 e. The van der Waals surface area contributed by atoms with E-state index >= 15 is 0 Å². The molecule has 2 heteroatoms. The van der Waals surface area contributed by atoms with Crippen LogP contribution in [0, 0.1) is 13.8 Å². The van der Waals surface area contributed by atoms with Gasteiger partial charge in [0.2, 0.25) is 0 Å². The molecule has 1 aromatic rings. The fourth-order valence-electron chi connectivity index (χ4n) is 2.53. The molecule has 0 aromatic heterocycles. The second-order valence-electron chi connectivity index (χ2n) is 5.15. The number of benzene rings is 1. The van der Waals surface area contributed by atoms with Crippen molar-refractivity contribution in [3.8, 4) is 0 Å². The van der Waals surface area contributed by atoms with Crippen LogP contribution in [0.2, 0.25) is 0 Å². The normalized spacial score (nSPS) is 19.7. The van der Waals surface area contributed by atoms with Crippen molar-refractivity contribution in [2.45, 2.75) is 38.6 Å². The van der Waals surface area contributed by atoms with E-state index in [1.165, 1.54) is 16.7 Å². The first kappa shape index (κ1) is 11.6. The summed E-state index contributed by atoms with van der Waals surface area (Å²) in [6, 6.07) is 6.70. The van der Waals surface area contributed by atoms with Crippen LogP contribution in [0.15, 0.2) is 18.2 Å². The molecule has 1 aliphatic heterocycles. The Morgan fingerprint density at radius 3 is 2.25 bits per heavy atom. The molecule has 0 aliphatic carbocycles. The van der Waals surface area contributed by atoms with Crippen LogP contribution in [0.4, 0.5) is 0 Å². The lowest BCUT2D eigenvalue weighted by molar-refractivity contribution is 0.0533. The van der Waals surface area contributed by atoms with Crippen LogP contribution in [-0.4, -0.2) is 18.8 Å². The van der Waals surface area contributed by atoms with E-state index in [0.717, 1.165) is 32.5 Å². The van der Waals surface area contributed by atoms with E-state index in [9.17, 15) is 0 Å². The molecule has 1 heterocycles. The number of hydrogen-bond donors (Lipinski definition) is 1. The van der Waals surface area contributed by atoms with E-state index in [1.54, 1.807) is 0 Å². The zero-order valence-corrected chi connectivity index (χ0v) is 10.3. The van der Waals surface area contributed by atoms with Crippen LogP contribution < -0.4 is 5.73 Å². The Hall–Kier alpha value is -0.860. The predicted molar refractivity (Wildman–Crippen MR) is 66.6 cm³/mol. The van der Waals surface area contributed by atoms with Crippen LogP contribution in [0.25, 0.3) is 0 Å². The van der Waals surface area contributed by atoms with Crippen molar-refractivity contribution in [2.24, 2.45) is 5.73 Å². The molecule has 2 rings (SSSR count). The number of rotatable bonds is 2. The van der Waals surface area contributed by atoms with Crippen molar-refractivity contribution in [1.82, 2.24) is 0 Å². The van der Waals surface area contributed by atoms with Gasteiger partial charge in [-0.3, -0.25) is 0 Å². The third kappa shape index (κ3) is 2.83. The molecule has 1 saturated heterocycles. The van der Waals surface area contributed by atoms with Crippen molar-refractivity contribution in [2.75, 3.05) is 13.2 Å². The fourth-order valence-corrected chi connectivity index (χ4v) is 2.53. The molecular weight excluding hydrogens is 198 g/mol. The van der Waals surface area contributed by atoms with Gasteiger partial charge in [0.25, 0.3) is 0 Å². The monoisotopic (exact) mass is 219 g/mol. The maximum atomic E-state index is 6.41. The van der Waals surface area contributed by atoms with Crippen LogP contribution in [0.1, 0.15) is 29.5 Å². The zero-order valence-electron chi connectivity index (χ0n) is 10.3. The molecule has 0 bridgehead atoms. The summed E-state index contributed by atoms with van der Waals surface area (Å²) in [5, 5.41) is 0. The molecule has 2 nitrogen and oxygen atoms in total. The third-order valence-electron chi connectivity index (χ3n) is 3.33. The molecule has 0 spiro atoms. The minimum atomic E-state index is -0.0571. The summed E-state index contributed by atoms with van der Waals surface area (Å²) in [7, 11) is 0. The number of hydrogen-bond acceptors (Lipinski definition) is 2. The van der Waals surface area contributed by atoms with Gasteiger partial charge in [-0.1, -0.05) is 29.3 Å². The Bertz CT molecular complexity index is 347. The molecule has 0 unspecified atom stereocenters. The summed E-state index contributed by atoms with van der Waals surface area (Å²) < 4.78 is 5.37. The number of ether oxygens (including phenoxy) is 1. The van der Waals surface area contributed by atoms with Gasteiger partial charge in [-0.05, 0) is 38.7 Å². The molecule has 0 amide bonds. The highest BCUT2D eigenvalue weighted by Gasteiger charge is 2.28. The Labute approximate surface area is 97.8 Å². The van der Waals surface area contributed by atoms with Gasteiger partial charge in [0.15, 0.2) is 0 Å². The number of nitrogens with two attached hydrogens (primary N) is 1. The van der Waals surface area contributed by atoms with Gasteiger partial charge in [-0.15, -0.1) is 0 Å². The van der Waals surface area contributed by atoms with Gasteiger partial charge in [0, 0.05) is 18.8 Å². The predicted octanol–water partition coefficient (Wildman–Crippen LogP) is 2.35. The lowest BCUT2D eigenvalue weighted by Crippen LogP contribution is -2.46. The topological polar surface area (TPSA) is 35.2 Å². The van der Waals surface area contributed by atoms with Crippen molar-refractivity contribution >= 4 is 0 Å². The SMILES string of the molecule is Cc1cc(C)cc(CC2(N)CCOCC2)c1. The van der Waals surface area contributed by atoms with E-state index in [1.807, 2.05) is 0 Å². The summed E-state index contributed by atoms with van der Waals surface area (Å²) in [4.78, 5) is 0. The van der Waals surface area contributed by atoms with Crippen LogP contribution >= 0.6 is 0 Å². The summed E-state index contributed by atoms with van der Waals surface area (Å²) in [6.45, 7) is 5.90. The Morgan fingerprint density at radius 2 is 1.69 bits per heavy atom. The highest BCUT2D eigenvalue weighted by atomic mass is 16.5. The van der Waals surface area contributed by atoms with Gasteiger partial charge >= 0.3 is 0 Å². The minimum absolute atomic E-state index is 0.0571. The molecule has 1 fully saturated rings. The second-order valence-corrected chi connectivity index (χ2v) is 5.15. The smallest absolute Gasteiger partial charge is 0.0483 e. The van der Waals surface area contributed by atoms with Gasteiger partial charge in [-0.2, -0.15) is 0 Å². The highest BCUT2D eigenvalue weighted by molar-refractivity contribution is 5.29. The van der Waals surface area contributed by atoms with E-state index < -0.39 is 0 Å². The average Bonchev–Trinajstić information content (AvgIpc) is 2.15. The second kappa shape index (κ2) is 4.56. The largest absolute Gasteiger partial charge is 0.381 e. The standard InChI is InChI=1S/C14H21NO/c1-11-7-12(2)9-13(8-11)10-14(15)3-5-16-6-4-14/h7-9H,3-6,10,15H2,1-2H3. The Balaban J connectivity index is 2.13. The quantitative estimate of drug-likeness (QED) is 0.828. The van der Waals surface area contributed by atoms with Gasteiger partial charge in [-0.25, -0.2) is 0 Å². The van der Waals surface area contributed by atoms with Crippen LogP contribution in [-0.2, 0) is 11.2 Å². The zero-order chi connectivity index (χ0) is 11.6. The summed E-state index contributed by atoms with van der Waals surface area (Å²) in [6.07, 6.45) is 2.92. The lowest BCUT2D eigenvalue weighted by Gasteiger charge is -2.33. The average molecular weight is 219 g/mol. The first-order chi connectivity index (χ1) is 7.57. The first-order valence-corrected chi connectivity index (χ1v) is 6.01. The maximum absolute atomic E-state index is 6.41. The lowest BCUT2D eigenvalue weighted by atomic mass is 9.84. The molecule has 1 aromatic carbocycles. The van der Waals surface area contributed by atoms with E-state index in [0.29, 0.717) is 0 Å². The first-order valence-electron chi connectivity index (χ1n) is 6.01. The molecular formula is C14H21NO. The van der Waals surface area contributed by atoms with Gasteiger partial charge in [0.1, 0.15) is 0 Å². The van der Waals surface area contributed by atoms with Gasteiger partial charge in [0.05, 0.1) is 0 Å². The summed E-state index contributed by atoms with van der Waals surface area (Å²) >= 11 is 0. The van der Waals surface area contributed by atoms with E-state index in [2.05, 4.69) is 32.0 Å². The molecule has 2 N–H and O–H groups in total. The molecule has 88 valence electrons. The van der Waals surface area contributed by atoms with Crippen LogP contribution in [0.3, 0.4) is 0 Å².